The predicted octanol–water partition coefficient (Wildman–Crippen LogP) is 4.36. The molecule has 0 heterocycles. The number of benzene rings is 3. The van der Waals surface area contributed by atoms with Crippen molar-refractivity contribution in [3.8, 4) is 11.1 Å². The van der Waals surface area contributed by atoms with Crippen LogP contribution in [-0.2, 0) is 10.0 Å². The SMILES string of the molecule is CC(=NNS(=O)(=O)c1ccc(C)cc1)c1ccc(-c2ccccc2)cc1. The highest BCUT2D eigenvalue weighted by Crippen LogP contribution is 2.19. The van der Waals surface area contributed by atoms with Gasteiger partial charge in [0.25, 0.3) is 10.0 Å². The van der Waals surface area contributed by atoms with E-state index in [0.29, 0.717) is 5.71 Å². The molecule has 3 rings (SSSR count). The van der Waals surface area contributed by atoms with Crippen LogP contribution in [-0.4, -0.2) is 14.1 Å². The lowest BCUT2D eigenvalue weighted by atomic mass is 10.0. The second-order valence-corrected chi connectivity index (χ2v) is 7.71. The van der Waals surface area contributed by atoms with E-state index < -0.39 is 10.0 Å². The van der Waals surface area contributed by atoms with E-state index in [9.17, 15) is 8.42 Å². The molecule has 0 aliphatic carbocycles. The minimum atomic E-state index is -3.67. The summed E-state index contributed by atoms with van der Waals surface area (Å²) in [5.41, 5.74) is 4.69. The van der Waals surface area contributed by atoms with Crippen molar-refractivity contribution >= 4 is 15.7 Å². The van der Waals surface area contributed by atoms with E-state index in [-0.39, 0.29) is 4.90 Å². The first kappa shape index (κ1) is 17.9. The molecule has 0 saturated carbocycles. The molecule has 26 heavy (non-hydrogen) atoms. The van der Waals surface area contributed by atoms with Crippen molar-refractivity contribution < 1.29 is 8.42 Å². The second kappa shape index (κ2) is 7.54. The van der Waals surface area contributed by atoms with Crippen molar-refractivity contribution in [1.82, 2.24) is 4.83 Å². The summed E-state index contributed by atoms with van der Waals surface area (Å²) in [7, 11) is -3.67. The maximum Gasteiger partial charge on any atom is 0.276 e. The molecular weight excluding hydrogens is 344 g/mol. The van der Waals surface area contributed by atoms with E-state index in [1.54, 1.807) is 31.2 Å². The lowest BCUT2D eigenvalue weighted by molar-refractivity contribution is 0.584. The second-order valence-electron chi connectivity index (χ2n) is 6.05. The summed E-state index contributed by atoms with van der Waals surface area (Å²) in [6.07, 6.45) is 0. The number of rotatable bonds is 5. The molecule has 0 spiro atoms. The Hall–Kier alpha value is -2.92. The van der Waals surface area contributed by atoms with Crippen LogP contribution in [0.2, 0.25) is 0 Å². The van der Waals surface area contributed by atoms with Gasteiger partial charge in [-0.1, -0.05) is 72.3 Å². The van der Waals surface area contributed by atoms with Crippen molar-refractivity contribution in [2.75, 3.05) is 0 Å². The molecular formula is C21H20N2O2S. The first-order valence-corrected chi connectivity index (χ1v) is 9.73. The molecule has 5 heteroatoms. The van der Waals surface area contributed by atoms with Crippen molar-refractivity contribution in [2.45, 2.75) is 18.7 Å². The Bertz CT molecular complexity index is 1010. The molecule has 1 N–H and O–H groups in total. The molecule has 0 atom stereocenters. The number of hydrazone groups is 1. The Morgan fingerprint density at radius 1 is 0.808 bits per heavy atom. The average molecular weight is 364 g/mol. The Kier molecular flexibility index (Phi) is 5.19. The Morgan fingerprint density at radius 2 is 1.38 bits per heavy atom. The summed E-state index contributed by atoms with van der Waals surface area (Å²) in [5, 5.41) is 4.05. The van der Waals surface area contributed by atoms with Crippen LogP contribution in [0.5, 0.6) is 0 Å². The third-order valence-corrected chi connectivity index (χ3v) is 5.30. The van der Waals surface area contributed by atoms with E-state index in [4.69, 9.17) is 0 Å². The van der Waals surface area contributed by atoms with Gasteiger partial charge in [-0.25, -0.2) is 0 Å². The minimum Gasteiger partial charge on any atom is -0.200 e. The van der Waals surface area contributed by atoms with Gasteiger partial charge in [0.2, 0.25) is 0 Å². The van der Waals surface area contributed by atoms with Gasteiger partial charge in [0.05, 0.1) is 10.6 Å². The fourth-order valence-electron chi connectivity index (χ4n) is 2.50. The van der Waals surface area contributed by atoms with Crippen molar-refractivity contribution in [3.63, 3.8) is 0 Å². The van der Waals surface area contributed by atoms with Crippen LogP contribution < -0.4 is 4.83 Å². The average Bonchev–Trinajstić information content (AvgIpc) is 2.67. The summed E-state index contributed by atoms with van der Waals surface area (Å²) in [5.74, 6) is 0. The van der Waals surface area contributed by atoms with Crippen molar-refractivity contribution in [3.05, 3.63) is 90.0 Å². The van der Waals surface area contributed by atoms with Crippen LogP contribution in [0.3, 0.4) is 0 Å². The molecule has 0 fully saturated rings. The van der Waals surface area contributed by atoms with Crippen LogP contribution in [0.4, 0.5) is 0 Å². The quantitative estimate of drug-likeness (QED) is 0.540. The fourth-order valence-corrected chi connectivity index (χ4v) is 3.35. The summed E-state index contributed by atoms with van der Waals surface area (Å²) < 4.78 is 24.6. The molecule has 0 unspecified atom stereocenters. The van der Waals surface area contributed by atoms with Crippen LogP contribution in [0.25, 0.3) is 11.1 Å². The van der Waals surface area contributed by atoms with Gasteiger partial charge in [0.1, 0.15) is 0 Å². The van der Waals surface area contributed by atoms with Crippen molar-refractivity contribution in [1.29, 1.82) is 0 Å². The molecule has 0 bridgehead atoms. The monoisotopic (exact) mass is 364 g/mol. The molecule has 0 aliphatic heterocycles. The maximum atomic E-state index is 12.3. The van der Waals surface area contributed by atoms with Crippen LogP contribution in [0.15, 0.2) is 88.9 Å². The van der Waals surface area contributed by atoms with Crippen LogP contribution in [0, 0.1) is 6.92 Å². The summed E-state index contributed by atoms with van der Waals surface area (Å²) in [6.45, 7) is 3.68. The standard InChI is InChI=1S/C21H20N2O2S/c1-16-8-14-21(15-9-16)26(24,25)23-22-17(2)18-10-12-20(13-11-18)19-6-4-3-5-7-19/h3-15,23H,1-2H3. The van der Waals surface area contributed by atoms with Gasteiger partial charge in [-0.2, -0.15) is 18.4 Å². The maximum absolute atomic E-state index is 12.3. The zero-order valence-corrected chi connectivity index (χ0v) is 15.5. The molecule has 0 aromatic heterocycles. The molecule has 0 saturated heterocycles. The Balaban J connectivity index is 1.76. The predicted molar refractivity (Wildman–Crippen MR) is 106 cm³/mol. The molecule has 3 aromatic carbocycles. The highest BCUT2D eigenvalue weighted by molar-refractivity contribution is 7.89. The molecule has 3 aromatic rings. The van der Waals surface area contributed by atoms with E-state index in [1.165, 1.54) is 0 Å². The van der Waals surface area contributed by atoms with Gasteiger partial charge in [0, 0.05) is 0 Å². The number of nitrogens with one attached hydrogen (secondary N) is 1. The number of hydrogen-bond donors (Lipinski definition) is 1. The zero-order chi connectivity index (χ0) is 18.6. The van der Waals surface area contributed by atoms with Gasteiger partial charge < -0.3 is 0 Å². The highest BCUT2D eigenvalue weighted by Gasteiger charge is 2.12. The number of nitrogens with zero attached hydrogens (tertiary/aromatic N) is 1. The first-order chi connectivity index (χ1) is 12.5. The highest BCUT2D eigenvalue weighted by atomic mass is 32.2. The molecule has 4 nitrogen and oxygen atoms in total. The lowest BCUT2D eigenvalue weighted by Crippen LogP contribution is -2.19. The summed E-state index contributed by atoms with van der Waals surface area (Å²) >= 11 is 0. The molecule has 0 aliphatic rings. The molecule has 0 radical (unpaired) electrons. The largest absolute Gasteiger partial charge is 0.276 e. The van der Waals surface area contributed by atoms with Crippen molar-refractivity contribution in [2.24, 2.45) is 5.10 Å². The zero-order valence-electron chi connectivity index (χ0n) is 14.7. The van der Waals surface area contributed by atoms with Gasteiger partial charge >= 0.3 is 0 Å². The van der Waals surface area contributed by atoms with Gasteiger partial charge in [-0.15, -0.1) is 0 Å². The van der Waals surface area contributed by atoms with E-state index in [0.717, 1.165) is 22.3 Å². The Morgan fingerprint density at radius 3 is 2.00 bits per heavy atom. The van der Waals surface area contributed by atoms with E-state index >= 15 is 0 Å². The van der Waals surface area contributed by atoms with Gasteiger partial charge in [0.15, 0.2) is 0 Å². The third kappa shape index (κ3) is 4.18. The number of hydrogen-bond acceptors (Lipinski definition) is 3. The fraction of sp³-hybridized carbons (Fsp3) is 0.0952. The van der Waals surface area contributed by atoms with Gasteiger partial charge in [-0.05, 0) is 42.7 Å². The van der Waals surface area contributed by atoms with E-state index in [1.807, 2.05) is 61.5 Å². The lowest BCUT2D eigenvalue weighted by Gasteiger charge is -2.07. The third-order valence-electron chi connectivity index (χ3n) is 4.07. The molecule has 0 amide bonds. The number of sulfonamides is 1. The number of aryl methyl sites for hydroxylation is 1. The normalized spacial score (nSPS) is 12.0. The van der Waals surface area contributed by atoms with E-state index in [2.05, 4.69) is 9.93 Å². The van der Waals surface area contributed by atoms with Gasteiger partial charge in [-0.3, -0.25) is 0 Å². The minimum absolute atomic E-state index is 0.194. The summed E-state index contributed by atoms with van der Waals surface area (Å²) in [6, 6.07) is 24.6. The van der Waals surface area contributed by atoms with Crippen LogP contribution in [0.1, 0.15) is 18.1 Å². The van der Waals surface area contributed by atoms with Crippen LogP contribution >= 0.6 is 0 Å². The Labute approximate surface area is 154 Å². The topological polar surface area (TPSA) is 58.5 Å². The smallest absolute Gasteiger partial charge is 0.200 e. The first-order valence-electron chi connectivity index (χ1n) is 8.24. The summed E-state index contributed by atoms with van der Waals surface area (Å²) in [4.78, 5) is 2.49. The molecule has 132 valence electrons.